The van der Waals surface area contributed by atoms with Crippen molar-refractivity contribution in [1.82, 2.24) is 5.32 Å². The van der Waals surface area contributed by atoms with Gasteiger partial charge in [0.15, 0.2) is 5.78 Å². The van der Waals surface area contributed by atoms with Crippen LogP contribution in [-0.2, 0) is 30.3 Å². The first-order valence-corrected chi connectivity index (χ1v) is 14.2. The molecule has 1 aromatic rings. The molecule has 2 N–H and O–H groups in total. The minimum atomic E-state index is -0.419. The average molecular weight is 542 g/mol. The predicted molar refractivity (Wildman–Crippen MR) is 156 cm³/mol. The van der Waals surface area contributed by atoms with Crippen molar-refractivity contribution < 1.29 is 23.8 Å². The van der Waals surface area contributed by atoms with Gasteiger partial charge in [0.25, 0.3) is 0 Å². The van der Waals surface area contributed by atoms with Gasteiger partial charge in [0.05, 0.1) is 18.0 Å². The summed E-state index contributed by atoms with van der Waals surface area (Å²) in [6.45, 7) is 14.8. The zero-order valence-corrected chi connectivity index (χ0v) is 24.7. The molecule has 1 fully saturated rings. The Morgan fingerprint density at radius 2 is 1.92 bits per heavy atom. The Hall–Kier alpha value is -2.68. The number of nitrogens with one attached hydrogen (secondary N) is 2. The lowest BCUT2D eigenvalue weighted by Crippen LogP contribution is -2.43. The predicted octanol–water partition coefficient (Wildman–Crippen LogP) is 4.85. The van der Waals surface area contributed by atoms with Gasteiger partial charge in [0.2, 0.25) is 0 Å². The highest BCUT2D eigenvalue weighted by molar-refractivity contribution is 5.93. The van der Waals surface area contributed by atoms with E-state index in [1.165, 1.54) is 0 Å². The number of allylic oxidation sites excluding steroid dienone is 2. The fourth-order valence-corrected chi connectivity index (χ4v) is 5.13. The summed E-state index contributed by atoms with van der Waals surface area (Å²) in [6.07, 6.45) is 5.81. The molecule has 8 nitrogen and oxygen atoms in total. The molecule has 8 heteroatoms. The first-order chi connectivity index (χ1) is 18.6. The number of ether oxygens (including phenoxy) is 3. The molecule has 1 saturated heterocycles. The molecule has 3 unspecified atom stereocenters. The molecule has 0 radical (unpaired) electrons. The number of ketones is 1. The second-order valence-electron chi connectivity index (χ2n) is 11.1. The highest BCUT2D eigenvalue weighted by atomic mass is 16.6. The Morgan fingerprint density at radius 1 is 1.21 bits per heavy atom. The standard InChI is InChI=1S/C31H47N3O5/c1-8-26(15-21(4)23(6)35)30-33-27-16-25(9-10-28(27)34(30)18-24-11-13-38-14-12-24)17-32-29(20(2)3)31(36)39-22(5)19-37-7/h8-10,15-16,20,22,24,29-30,32-33H,11-14,17-19H2,1-7H3/b21-15-,26-8+. The number of Topliss-reactive ketones (excluding diaryl/α,β-unsaturated/α-hetero) is 1. The van der Waals surface area contributed by atoms with Crippen molar-refractivity contribution >= 4 is 23.1 Å². The van der Waals surface area contributed by atoms with Gasteiger partial charge in [-0.25, -0.2) is 0 Å². The highest BCUT2D eigenvalue weighted by Crippen LogP contribution is 2.39. The maximum absolute atomic E-state index is 12.8. The van der Waals surface area contributed by atoms with Crippen LogP contribution in [0.2, 0.25) is 0 Å². The van der Waals surface area contributed by atoms with Crippen LogP contribution >= 0.6 is 0 Å². The lowest BCUT2D eigenvalue weighted by molar-refractivity contribution is -0.154. The van der Waals surface area contributed by atoms with Crippen LogP contribution in [0, 0.1) is 11.8 Å². The van der Waals surface area contributed by atoms with Gasteiger partial charge in [0, 0.05) is 33.4 Å². The normalized spacial score (nSPS) is 20.0. The third-order valence-corrected chi connectivity index (χ3v) is 7.52. The van der Waals surface area contributed by atoms with E-state index in [9.17, 15) is 9.59 Å². The van der Waals surface area contributed by atoms with E-state index in [1.54, 1.807) is 14.0 Å². The quantitative estimate of drug-likeness (QED) is 0.208. The first-order valence-electron chi connectivity index (χ1n) is 14.2. The highest BCUT2D eigenvalue weighted by Gasteiger charge is 2.33. The molecule has 0 bridgehead atoms. The molecular weight excluding hydrogens is 494 g/mol. The Kier molecular flexibility index (Phi) is 11.6. The van der Waals surface area contributed by atoms with Gasteiger partial charge >= 0.3 is 5.97 Å². The topological polar surface area (TPSA) is 89.1 Å². The molecule has 216 valence electrons. The van der Waals surface area contributed by atoms with Gasteiger partial charge in [-0.3, -0.25) is 9.59 Å². The van der Waals surface area contributed by atoms with Gasteiger partial charge in [-0.05, 0) is 87.3 Å². The Labute approximate surface area is 234 Å². The van der Waals surface area contributed by atoms with Crippen LogP contribution in [0.4, 0.5) is 11.4 Å². The SMILES string of the molecule is C/C=C(\C=C(\C)C(C)=O)C1Nc2cc(CNC(C(=O)OC(C)COC)C(C)C)ccc2N1CC1CCOCC1. The monoisotopic (exact) mass is 541 g/mol. The van der Waals surface area contributed by atoms with Crippen molar-refractivity contribution in [3.63, 3.8) is 0 Å². The van der Waals surface area contributed by atoms with E-state index in [0.29, 0.717) is 19.1 Å². The lowest BCUT2D eigenvalue weighted by Gasteiger charge is -2.33. The van der Waals surface area contributed by atoms with Crippen molar-refractivity contribution in [1.29, 1.82) is 0 Å². The van der Waals surface area contributed by atoms with Crippen molar-refractivity contribution in [3.8, 4) is 0 Å². The molecule has 3 atom stereocenters. The molecule has 0 amide bonds. The van der Waals surface area contributed by atoms with Gasteiger partial charge in [-0.1, -0.05) is 26.0 Å². The molecule has 0 saturated carbocycles. The van der Waals surface area contributed by atoms with Crippen LogP contribution in [0.5, 0.6) is 0 Å². The number of methoxy groups -OCH3 is 1. The molecule has 0 aromatic heterocycles. The summed E-state index contributed by atoms with van der Waals surface area (Å²) < 4.78 is 16.3. The van der Waals surface area contributed by atoms with Gasteiger partial charge < -0.3 is 29.7 Å². The molecule has 2 aliphatic rings. The molecule has 0 spiro atoms. The van der Waals surface area contributed by atoms with E-state index >= 15 is 0 Å². The summed E-state index contributed by atoms with van der Waals surface area (Å²) in [5, 5.41) is 7.13. The van der Waals surface area contributed by atoms with Crippen LogP contribution in [0.3, 0.4) is 0 Å². The van der Waals surface area contributed by atoms with E-state index in [1.807, 2.05) is 40.7 Å². The minimum absolute atomic E-state index is 0.0639. The van der Waals surface area contributed by atoms with E-state index in [2.05, 4.69) is 39.8 Å². The number of esters is 1. The molecular formula is C31H47N3O5. The Bertz CT molecular complexity index is 1040. The van der Waals surface area contributed by atoms with Crippen molar-refractivity contribution in [2.75, 3.05) is 43.7 Å². The molecule has 2 aliphatic heterocycles. The number of carbonyl (C=O) groups excluding carboxylic acids is 2. The maximum atomic E-state index is 12.8. The number of hydrogen-bond donors (Lipinski definition) is 2. The van der Waals surface area contributed by atoms with E-state index < -0.39 is 6.04 Å². The van der Waals surface area contributed by atoms with Crippen LogP contribution in [0.15, 0.2) is 41.5 Å². The zero-order valence-electron chi connectivity index (χ0n) is 24.7. The van der Waals surface area contributed by atoms with Crippen LogP contribution in [-0.4, -0.2) is 63.5 Å². The number of hydrogen-bond acceptors (Lipinski definition) is 8. The summed E-state index contributed by atoms with van der Waals surface area (Å²) in [7, 11) is 1.60. The second kappa shape index (κ2) is 14.6. The number of fused-ring (bicyclic) bond motifs is 1. The summed E-state index contributed by atoms with van der Waals surface area (Å²) >= 11 is 0. The Balaban J connectivity index is 1.80. The summed E-state index contributed by atoms with van der Waals surface area (Å²) in [5.74, 6) is 0.434. The third-order valence-electron chi connectivity index (χ3n) is 7.52. The first kappa shape index (κ1) is 30.9. The number of carbonyl (C=O) groups is 2. The zero-order chi connectivity index (χ0) is 28.5. The molecule has 3 rings (SSSR count). The summed E-state index contributed by atoms with van der Waals surface area (Å²) in [4.78, 5) is 27.2. The average Bonchev–Trinajstić information content (AvgIpc) is 3.24. The number of nitrogens with zero attached hydrogens (tertiary/aromatic N) is 1. The van der Waals surface area contributed by atoms with Crippen molar-refractivity contribution in [2.24, 2.45) is 11.8 Å². The third kappa shape index (κ3) is 8.40. The maximum Gasteiger partial charge on any atom is 0.323 e. The van der Waals surface area contributed by atoms with Gasteiger partial charge in [-0.2, -0.15) is 0 Å². The minimum Gasteiger partial charge on any atom is -0.459 e. The Morgan fingerprint density at radius 3 is 2.54 bits per heavy atom. The van der Waals surface area contributed by atoms with Crippen LogP contribution < -0.4 is 15.5 Å². The molecule has 39 heavy (non-hydrogen) atoms. The number of anilines is 2. The fraction of sp³-hybridized carbons (Fsp3) is 0.613. The molecule has 1 aromatic carbocycles. The van der Waals surface area contributed by atoms with Crippen LogP contribution in [0.25, 0.3) is 0 Å². The smallest absolute Gasteiger partial charge is 0.323 e. The lowest BCUT2D eigenvalue weighted by atomic mass is 9.98. The second-order valence-corrected chi connectivity index (χ2v) is 11.1. The van der Waals surface area contributed by atoms with Crippen molar-refractivity contribution in [3.05, 3.63) is 47.1 Å². The number of rotatable bonds is 13. The van der Waals surface area contributed by atoms with E-state index in [-0.39, 0.29) is 29.9 Å². The largest absolute Gasteiger partial charge is 0.459 e. The van der Waals surface area contributed by atoms with Gasteiger partial charge in [0.1, 0.15) is 18.3 Å². The van der Waals surface area contributed by atoms with E-state index in [0.717, 1.165) is 60.7 Å². The van der Waals surface area contributed by atoms with Crippen LogP contribution in [0.1, 0.15) is 59.9 Å². The van der Waals surface area contributed by atoms with Crippen molar-refractivity contribution in [2.45, 2.75) is 79.2 Å². The van der Waals surface area contributed by atoms with Gasteiger partial charge in [-0.15, -0.1) is 0 Å². The molecule has 0 aliphatic carbocycles. The summed E-state index contributed by atoms with van der Waals surface area (Å²) in [5.41, 5.74) is 5.09. The summed E-state index contributed by atoms with van der Waals surface area (Å²) in [6, 6.07) is 6.02. The van der Waals surface area contributed by atoms with E-state index in [4.69, 9.17) is 14.2 Å². The number of benzene rings is 1. The fourth-order valence-electron chi connectivity index (χ4n) is 5.13. The molecule has 2 heterocycles.